The van der Waals surface area contributed by atoms with Crippen LogP contribution in [0.25, 0.3) is 0 Å². The minimum atomic E-state index is 0.163. The first-order valence-corrected chi connectivity index (χ1v) is 4.02. The standard InChI is InChI=1S/C9H18O2/c1-8(2)5-7-11-9(3)4-6-10/h5,9-10H,4,6-7H2,1-3H3/t9-/m1/s1. The molecule has 0 saturated carbocycles. The van der Waals surface area contributed by atoms with Gasteiger partial charge >= 0.3 is 0 Å². The predicted molar refractivity (Wildman–Crippen MR) is 46.5 cm³/mol. The molecule has 0 rings (SSSR count). The molecule has 0 aliphatic rings. The van der Waals surface area contributed by atoms with Crippen molar-refractivity contribution in [2.45, 2.75) is 33.3 Å². The molecule has 0 fully saturated rings. The minimum absolute atomic E-state index is 0.163. The highest BCUT2D eigenvalue weighted by atomic mass is 16.5. The summed E-state index contributed by atoms with van der Waals surface area (Å²) >= 11 is 0. The van der Waals surface area contributed by atoms with E-state index in [0.29, 0.717) is 6.61 Å². The second-order valence-corrected chi connectivity index (χ2v) is 2.94. The van der Waals surface area contributed by atoms with Crippen LogP contribution in [0.4, 0.5) is 0 Å². The normalized spacial score (nSPS) is 12.7. The van der Waals surface area contributed by atoms with Gasteiger partial charge in [-0.15, -0.1) is 0 Å². The van der Waals surface area contributed by atoms with Gasteiger partial charge in [-0.25, -0.2) is 0 Å². The number of rotatable bonds is 5. The SMILES string of the molecule is CC(C)=CCO[C@H](C)CCO. The molecule has 0 bridgehead atoms. The number of hydrogen-bond donors (Lipinski definition) is 1. The summed E-state index contributed by atoms with van der Waals surface area (Å²) in [5.74, 6) is 0. The van der Waals surface area contributed by atoms with Gasteiger partial charge in [0, 0.05) is 6.61 Å². The zero-order valence-electron chi connectivity index (χ0n) is 7.63. The first kappa shape index (κ1) is 10.7. The molecule has 0 aliphatic heterocycles. The average Bonchev–Trinajstić information content (AvgIpc) is 1.87. The Balaban J connectivity index is 3.31. The largest absolute Gasteiger partial charge is 0.396 e. The van der Waals surface area contributed by atoms with Gasteiger partial charge in [-0.2, -0.15) is 0 Å². The fraction of sp³-hybridized carbons (Fsp3) is 0.778. The van der Waals surface area contributed by atoms with Gasteiger partial charge in [0.15, 0.2) is 0 Å². The number of aliphatic hydroxyl groups is 1. The van der Waals surface area contributed by atoms with E-state index in [2.05, 4.69) is 0 Å². The van der Waals surface area contributed by atoms with E-state index in [4.69, 9.17) is 9.84 Å². The summed E-state index contributed by atoms with van der Waals surface area (Å²) in [7, 11) is 0. The highest BCUT2D eigenvalue weighted by molar-refractivity contribution is 4.92. The highest BCUT2D eigenvalue weighted by Gasteiger charge is 1.97. The fourth-order valence-electron chi connectivity index (χ4n) is 0.644. The lowest BCUT2D eigenvalue weighted by molar-refractivity contribution is 0.0667. The Kier molecular flexibility index (Phi) is 6.18. The van der Waals surface area contributed by atoms with E-state index in [1.807, 2.05) is 26.8 Å². The van der Waals surface area contributed by atoms with Crippen molar-refractivity contribution in [3.8, 4) is 0 Å². The van der Waals surface area contributed by atoms with E-state index < -0.39 is 0 Å². The monoisotopic (exact) mass is 158 g/mol. The highest BCUT2D eigenvalue weighted by Crippen LogP contribution is 1.97. The topological polar surface area (TPSA) is 29.5 Å². The molecule has 0 spiro atoms. The van der Waals surface area contributed by atoms with E-state index >= 15 is 0 Å². The number of aliphatic hydroxyl groups excluding tert-OH is 1. The maximum Gasteiger partial charge on any atom is 0.0653 e. The predicted octanol–water partition coefficient (Wildman–Crippen LogP) is 1.74. The Labute approximate surface area is 68.9 Å². The third kappa shape index (κ3) is 7.56. The smallest absolute Gasteiger partial charge is 0.0653 e. The second kappa shape index (κ2) is 6.38. The summed E-state index contributed by atoms with van der Waals surface area (Å²) in [6.45, 7) is 6.91. The van der Waals surface area contributed by atoms with Crippen molar-refractivity contribution in [3.63, 3.8) is 0 Å². The minimum Gasteiger partial charge on any atom is -0.396 e. The molecule has 0 saturated heterocycles. The van der Waals surface area contributed by atoms with Gasteiger partial charge in [-0.1, -0.05) is 11.6 Å². The van der Waals surface area contributed by atoms with E-state index in [0.717, 1.165) is 6.42 Å². The third-order valence-corrected chi connectivity index (χ3v) is 1.41. The molecule has 0 radical (unpaired) electrons. The van der Waals surface area contributed by atoms with Gasteiger partial charge in [0.1, 0.15) is 0 Å². The van der Waals surface area contributed by atoms with Crippen LogP contribution in [0.1, 0.15) is 27.2 Å². The molecule has 0 amide bonds. The van der Waals surface area contributed by atoms with Crippen LogP contribution in [0.15, 0.2) is 11.6 Å². The van der Waals surface area contributed by atoms with Crippen LogP contribution in [0.2, 0.25) is 0 Å². The zero-order valence-corrected chi connectivity index (χ0v) is 7.63. The Morgan fingerprint density at radius 2 is 2.18 bits per heavy atom. The summed E-state index contributed by atoms with van der Waals surface area (Å²) < 4.78 is 5.36. The lowest BCUT2D eigenvalue weighted by Crippen LogP contribution is -2.09. The van der Waals surface area contributed by atoms with Gasteiger partial charge in [0.25, 0.3) is 0 Å². The first-order chi connectivity index (χ1) is 5.16. The molecule has 0 aliphatic carbocycles. The lowest BCUT2D eigenvalue weighted by atomic mass is 10.3. The van der Waals surface area contributed by atoms with Crippen molar-refractivity contribution in [1.82, 2.24) is 0 Å². The van der Waals surface area contributed by atoms with Gasteiger partial charge in [-0.3, -0.25) is 0 Å². The van der Waals surface area contributed by atoms with Crippen molar-refractivity contribution in [3.05, 3.63) is 11.6 Å². The molecule has 2 nitrogen and oxygen atoms in total. The summed E-state index contributed by atoms with van der Waals surface area (Å²) in [5.41, 5.74) is 1.26. The fourth-order valence-corrected chi connectivity index (χ4v) is 0.644. The third-order valence-electron chi connectivity index (χ3n) is 1.41. The zero-order chi connectivity index (χ0) is 8.69. The summed E-state index contributed by atoms with van der Waals surface area (Å²) in [4.78, 5) is 0. The van der Waals surface area contributed by atoms with Crippen molar-refractivity contribution in [2.24, 2.45) is 0 Å². The van der Waals surface area contributed by atoms with E-state index in [-0.39, 0.29) is 12.7 Å². The summed E-state index contributed by atoms with van der Waals surface area (Å²) in [5, 5.41) is 8.55. The van der Waals surface area contributed by atoms with Crippen LogP contribution < -0.4 is 0 Å². The molecule has 1 atom stereocenters. The molecular weight excluding hydrogens is 140 g/mol. The van der Waals surface area contributed by atoms with Gasteiger partial charge in [0.2, 0.25) is 0 Å². The Morgan fingerprint density at radius 3 is 2.64 bits per heavy atom. The van der Waals surface area contributed by atoms with Crippen molar-refractivity contribution < 1.29 is 9.84 Å². The molecule has 0 aromatic rings. The van der Waals surface area contributed by atoms with Crippen LogP contribution in [0.5, 0.6) is 0 Å². The van der Waals surface area contributed by atoms with Crippen LogP contribution in [0, 0.1) is 0 Å². The van der Waals surface area contributed by atoms with E-state index in [1.165, 1.54) is 5.57 Å². The van der Waals surface area contributed by atoms with Gasteiger partial charge in [-0.05, 0) is 27.2 Å². The molecule has 1 N–H and O–H groups in total. The maximum atomic E-state index is 8.55. The molecule has 0 aromatic carbocycles. The Morgan fingerprint density at radius 1 is 1.55 bits per heavy atom. The molecular formula is C9H18O2. The van der Waals surface area contributed by atoms with Crippen molar-refractivity contribution in [1.29, 1.82) is 0 Å². The van der Waals surface area contributed by atoms with E-state index in [1.54, 1.807) is 0 Å². The second-order valence-electron chi connectivity index (χ2n) is 2.94. The van der Waals surface area contributed by atoms with Crippen molar-refractivity contribution >= 4 is 0 Å². The molecule has 0 unspecified atom stereocenters. The Hall–Kier alpha value is -0.340. The number of ether oxygens (including phenoxy) is 1. The first-order valence-electron chi connectivity index (χ1n) is 4.02. The number of hydrogen-bond acceptors (Lipinski definition) is 2. The van der Waals surface area contributed by atoms with E-state index in [9.17, 15) is 0 Å². The van der Waals surface area contributed by atoms with Crippen molar-refractivity contribution in [2.75, 3.05) is 13.2 Å². The quantitative estimate of drug-likeness (QED) is 0.617. The molecule has 0 heterocycles. The summed E-state index contributed by atoms with van der Waals surface area (Å²) in [6.07, 6.45) is 2.92. The maximum absolute atomic E-state index is 8.55. The van der Waals surface area contributed by atoms with Crippen LogP contribution in [-0.2, 0) is 4.74 Å². The molecule has 66 valence electrons. The molecule has 11 heavy (non-hydrogen) atoms. The van der Waals surface area contributed by atoms with Crippen LogP contribution in [-0.4, -0.2) is 24.4 Å². The average molecular weight is 158 g/mol. The molecule has 0 aromatic heterocycles. The van der Waals surface area contributed by atoms with Gasteiger partial charge in [0.05, 0.1) is 12.7 Å². The number of allylic oxidation sites excluding steroid dienone is 1. The van der Waals surface area contributed by atoms with Gasteiger partial charge < -0.3 is 9.84 Å². The lowest BCUT2D eigenvalue weighted by Gasteiger charge is -2.08. The van der Waals surface area contributed by atoms with Crippen LogP contribution in [0.3, 0.4) is 0 Å². The molecule has 2 heteroatoms. The summed E-state index contributed by atoms with van der Waals surface area (Å²) in [6, 6.07) is 0. The van der Waals surface area contributed by atoms with Crippen LogP contribution >= 0.6 is 0 Å². The Bertz CT molecular complexity index is 115.